The summed E-state index contributed by atoms with van der Waals surface area (Å²) in [7, 11) is 0. The molecule has 0 saturated carbocycles. The molecule has 21 aromatic carbocycles. The molecule has 0 aromatic heterocycles. The monoisotopic (exact) mass is 1930 g/mol. The maximum absolute atomic E-state index is 2.46. The van der Waals surface area contributed by atoms with Crippen molar-refractivity contribution in [3.05, 3.63) is 495 Å². The maximum Gasteiger partial charge on any atom is 0.0210 e. The highest BCUT2D eigenvalue weighted by Crippen LogP contribution is 2.60. The molecule has 740 valence electrons. The molecule has 0 bridgehead atoms. The van der Waals surface area contributed by atoms with Crippen molar-refractivity contribution in [1.82, 2.24) is 0 Å². The van der Waals surface area contributed by atoms with Crippen LogP contribution in [0.4, 0.5) is 0 Å². The van der Waals surface area contributed by atoms with Crippen LogP contribution in [0.25, 0.3) is 153 Å². The third kappa shape index (κ3) is 16.9. The molecule has 0 aliphatic heterocycles. The van der Waals surface area contributed by atoms with Crippen LogP contribution in [0.5, 0.6) is 0 Å². The van der Waals surface area contributed by atoms with Gasteiger partial charge in [0.05, 0.1) is 0 Å². The lowest BCUT2D eigenvalue weighted by molar-refractivity contribution is 0.490. The van der Waals surface area contributed by atoms with Gasteiger partial charge in [-0.15, -0.1) is 0 Å². The van der Waals surface area contributed by atoms with Gasteiger partial charge in [-0.2, -0.15) is 0 Å². The van der Waals surface area contributed by atoms with Crippen LogP contribution in [0.2, 0.25) is 0 Å². The third-order valence-electron chi connectivity index (χ3n) is 35.3. The summed E-state index contributed by atoms with van der Waals surface area (Å²) in [6.07, 6.45) is 6.98. The number of fused-ring (bicyclic) bond motifs is 33. The molecule has 28 rings (SSSR count). The second kappa shape index (κ2) is 38.9. The highest BCUT2D eigenvalue weighted by atomic mass is 14.5. The zero-order chi connectivity index (χ0) is 104. The summed E-state index contributed by atoms with van der Waals surface area (Å²) < 4.78 is 0. The van der Waals surface area contributed by atoms with Gasteiger partial charge < -0.3 is 0 Å². The lowest BCUT2D eigenvalue weighted by Crippen LogP contribution is -2.23. The van der Waals surface area contributed by atoms with Crippen LogP contribution < -0.4 is 0 Å². The molecule has 0 saturated heterocycles. The first kappa shape index (κ1) is 99.1. The van der Waals surface area contributed by atoms with E-state index in [1.54, 1.807) is 5.56 Å². The number of benzene rings is 21. The minimum atomic E-state index is 0.0749. The van der Waals surface area contributed by atoms with Gasteiger partial charge >= 0.3 is 0 Å². The summed E-state index contributed by atoms with van der Waals surface area (Å²) >= 11 is 0. The smallest absolute Gasteiger partial charge is 0.0210 e. The fourth-order valence-electron chi connectivity index (χ4n) is 27.8. The molecule has 0 nitrogen and oxygen atoms in total. The number of aryl methyl sites for hydroxylation is 14. The molecule has 0 amide bonds. The standard InChI is InChI=1S/C23H24.6C21H20/c1-5-23(6-2)20-13-15(3)11-12-19(20)22-18-10-8-7-9-17(18)16(4)14-21(22)23;1-13-5-8-16-15(11-13)7-10-18-17-9-6-14(2)12-19(17)21(3,4)20(16)18;1-13-5-7-15-11-18-17-8-6-14(2)10-19(17)21(3,4)20(18)12-16(15)9-13;1-4-16-20-12-14(3)6-9-18(20)19-10-7-15-11-13(2)5-8-17(15)21(16)19;1-4-17-19-10-14(3)6-8-18(19)21-11-15-7-5-13(2)9-16(15)12-20(17)21;1-4-15-18-11-10-16-14(3)6-5-7-17(16)21(18)19-9-8-13(2)12-20(15)19;1-4-15-19-11-13(2)9-10-18(19)21-17-8-6-5-7-16(17)14(3)12-20(15)21/h7-14H,5-6H2,1-4H3;2*5-12H,1-4H3;5-12,16H,4H2,1-3H3;5-12,17H,4H2,1-3H3;2*5-12,15H,4H2,1-3H3. The van der Waals surface area contributed by atoms with Gasteiger partial charge in [0.15, 0.2) is 0 Å². The Bertz CT molecular complexity index is 8960. The fourth-order valence-corrected chi connectivity index (χ4v) is 27.8. The van der Waals surface area contributed by atoms with Crippen molar-refractivity contribution in [2.45, 2.75) is 245 Å². The minimum absolute atomic E-state index is 0.0749. The number of rotatable bonds is 6. The predicted octanol–water partition coefficient (Wildman–Crippen LogP) is 42.0. The van der Waals surface area contributed by atoms with Crippen LogP contribution in [0, 0.1) is 96.9 Å². The Kier molecular flexibility index (Phi) is 25.8. The van der Waals surface area contributed by atoms with Crippen LogP contribution in [-0.4, -0.2) is 0 Å². The van der Waals surface area contributed by atoms with Gasteiger partial charge in [0, 0.05) is 39.9 Å². The largest absolute Gasteiger partial charge is 0.0645 e. The van der Waals surface area contributed by atoms with E-state index >= 15 is 0 Å². The van der Waals surface area contributed by atoms with Crippen LogP contribution in [0.15, 0.2) is 340 Å². The molecule has 0 heteroatoms. The Morgan fingerprint density at radius 3 is 1.08 bits per heavy atom. The van der Waals surface area contributed by atoms with E-state index in [0.717, 1.165) is 19.3 Å². The molecule has 4 unspecified atom stereocenters. The average Bonchev–Trinajstić information content (AvgIpc) is 1.54. The Hall–Kier alpha value is -14.6. The molecule has 7 aliphatic rings. The van der Waals surface area contributed by atoms with Crippen LogP contribution >= 0.6 is 0 Å². The van der Waals surface area contributed by atoms with Crippen LogP contribution in [0.3, 0.4) is 0 Å². The molecule has 4 atom stereocenters. The van der Waals surface area contributed by atoms with E-state index < -0.39 is 0 Å². The van der Waals surface area contributed by atoms with Crippen molar-refractivity contribution < 1.29 is 0 Å². The van der Waals surface area contributed by atoms with E-state index in [1.165, 1.54) is 323 Å². The molecule has 7 aliphatic carbocycles. The Labute approximate surface area is 886 Å². The van der Waals surface area contributed by atoms with Crippen molar-refractivity contribution in [1.29, 1.82) is 0 Å². The first-order chi connectivity index (χ1) is 71.8. The predicted molar refractivity (Wildman–Crippen MR) is 646 cm³/mol. The van der Waals surface area contributed by atoms with Gasteiger partial charge in [-0.25, -0.2) is 0 Å². The first-order valence-electron chi connectivity index (χ1n) is 55.4. The molecule has 0 fully saturated rings. The van der Waals surface area contributed by atoms with Crippen LogP contribution in [-0.2, 0) is 16.2 Å². The van der Waals surface area contributed by atoms with E-state index in [2.05, 4.69) is 506 Å². The van der Waals surface area contributed by atoms with E-state index in [-0.39, 0.29) is 16.2 Å². The molecule has 149 heavy (non-hydrogen) atoms. The van der Waals surface area contributed by atoms with E-state index in [9.17, 15) is 0 Å². The summed E-state index contributed by atoms with van der Waals surface area (Å²) in [6, 6.07) is 128. The van der Waals surface area contributed by atoms with Gasteiger partial charge in [0.2, 0.25) is 0 Å². The number of hydrogen-bond donors (Lipinski definition) is 0. The summed E-state index contributed by atoms with van der Waals surface area (Å²) in [5.41, 5.74) is 60.5. The molecule has 0 radical (unpaired) electrons. The lowest BCUT2D eigenvalue weighted by atomic mass is 9.73. The minimum Gasteiger partial charge on any atom is -0.0645 e. The quantitative estimate of drug-likeness (QED) is 0.156. The molecular formula is C149H144. The van der Waals surface area contributed by atoms with Crippen molar-refractivity contribution in [3.8, 4) is 77.9 Å². The molecule has 0 spiro atoms. The topological polar surface area (TPSA) is 0 Å². The summed E-state index contributed by atoms with van der Waals surface area (Å²) in [6.45, 7) is 54.0. The summed E-state index contributed by atoms with van der Waals surface area (Å²) in [5.74, 6) is 2.21. The second-order valence-electron chi connectivity index (χ2n) is 46.0. The van der Waals surface area contributed by atoms with Gasteiger partial charge in [-0.1, -0.05) is 446 Å². The average molecular weight is 1930 g/mol. The van der Waals surface area contributed by atoms with E-state index in [0.29, 0.717) is 23.7 Å². The highest BCUT2D eigenvalue weighted by molar-refractivity contribution is 6.08. The normalized spacial score (nSPS) is 15.6. The van der Waals surface area contributed by atoms with Gasteiger partial charge in [0.1, 0.15) is 0 Å². The van der Waals surface area contributed by atoms with Gasteiger partial charge in [-0.3, -0.25) is 0 Å². The highest BCUT2D eigenvalue weighted by Gasteiger charge is 2.44. The number of hydrogen-bond acceptors (Lipinski definition) is 0. The van der Waals surface area contributed by atoms with E-state index in [1.807, 2.05) is 0 Å². The molecule has 0 N–H and O–H groups in total. The molecule has 0 heterocycles. The summed E-state index contributed by atoms with van der Waals surface area (Å²) in [4.78, 5) is 0. The Morgan fingerprint density at radius 1 is 0.181 bits per heavy atom. The Balaban J connectivity index is 0.0000000984. The van der Waals surface area contributed by atoms with Crippen LogP contribution in [0.1, 0.15) is 287 Å². The van der Waals surface area contributed by atoms with Gasteiger partial charge in [0.25, 0.3) is 0 Å². The van der Waals surface area contributed by atoms with Crippen molar-refractivity contribution in [3.63, 3.8) is 0 Å². The SMILES string of the molecule is CCC1(CC)c2cc(C)ccc2-c2c1cc(C)c1ccccc21.CCC1c2cc(C)ccc2-c2c1cc(C)c1ccccc21.CCC1c2cc(C)ccc2-c2c1ccc1c(C)cccc21.CCC1c2cc(C)ccc2-c2cc3ccc(C)cc3cc21.CCC1c2cc(C)ccc2-c2ccc3cc(C)ccc3c21.Cc1ccc2c(c1)C(C)(C)c1c-2ccc2cc(C)ccc12.Cc1ccc2c(c1)C(C)(C)c1cc3cc(C)ccc3cc1-2. The fraction of sp³-hybridized carbons (Fsp3) is 0.248. The van der Waals surface area contributed by atoms with Crippen molar-refractivity contribution in [2.24, 2.45) is 0 Å². The Morgan fingerprint density at radius 2 is 0.530 bits per heavy atom. The van der Waals surface area contributed by atoms with Crippen molar-refractivity contribution >= 4 is 75.4 Å². The zero-order valence-corrected chi connectivity index (χ0v) is 92.4. The molecular weight excluding hydrogens is 1790 g/mol. The third-order valence-corrected chi connectivity index (χ3v) is 35.3. The zero-order valence-electron chi connectivity index (χ0n) is 92.4. The van der Waals surface area contributed by atoms with E-state index in [4.69, 9.17) is 0 Å². The lowest BCUT2D eigenvalue weighted by Gasteiger charge is -2.30. The van der Waals surface area contributed by atoms with Crippen molar-refractivity contribution in [2.75, 3.05) is 0 Å². The second-order valence-corrected chi connectivity index (χ2v) is 46.0. The summed E-state index contributed by atoms with van der Waals surface area (Å²) in [5, 5.41) is 19.4. The first-order valence-corrected chi connectivity index (χ1v) is 55.4. The maximum atomic E-state index is 2.46. The molecule has 21 aromatic rings. The van der Waals surface area contributed by atoms with Gasteiger partial charge in [-0.05, 0) is 408 Å².